The van der Waals surface area contributed by atoms with Crippen LogP contribution in [0.4, 0.5) is 0 Å². The van der Waals surface area contributed by atoms with E-state index in [0.29, 0.717) is 11.1 Å². The Morgan fingerprint density at radius 3 is 2.35 bits per heavy atom. The van der Waals surface area contributed by atoms with Gasteiger partial charge in [-0.1, -0.05) is 41.4 Å². The normalized spacial score (nSPS) is 12.4. The Morgan fingerprint density at radius 1 is 1.00 bits per heavy atom. The number of hydrogen-bond donors (Lipinski definition) is 2. The number of hydrogen-bond acceptors (Lipinski definition) is 3. The molecule has 0 spiro atoms. The minimum absolute atomic E-state index is 0.00557. The third-order valence-corrected chi connectivity index (χ3v) is 2.88. The average Bonchev–Trinajstić information content (AvgIpc) is 2.29. The summed E-state index contributed by atoms with van der Waals surface area (Å²) in [6.07, 6.45) is -1.03. The predicted molar refractivity (Wildman–Crippen MR) is 66.4 cm³/mol. The Kier molecular flexibility index (Phi) is 3.52. The average molecular weight is 270 g/mol. The van der Waals surface area contributed by atoms with Gasteiger partial charge < -0.3 is 10.2 Å². The predicted octanol–water partition coefficient (Wildman–Crippen LogP) is 3.18. The molecule has 0 bridgehead atoms. The van der Waals surface area contributed by atoms with Crippen LogP contribution in [0, 0.1) is 0 Å². The van der Waals surface area contributed by atoms with Crippen LogP contribution in [0.1, 0.15) is 17.2 Å². The molecular weight excluding hydrogens is 261 g/mol. The molecule has 2 rings (SSSR count). The molecule has 3 nitrogen and oxygen atoms in total. The van der Waals surface area contributed by atoms with Crippen LogP contribution in [-0.2, 0) is 0 Å². The van der Waals surface area contributed by atoms with Gasteiger partial charge in [-0.15, -0.1) is 0 Å². The van der Waals surface area contributed by atoms with Crippen molar-refractivity contribution in [2.24, 2.45) is 0 Å². The van der Waals surface area contributed by atoms with Crippen LogP contribution in [0.3, 0.4) is 0 Å². The van der Waals surface area contributed by atoms with E-state index < -0.39 is 6.10 Å². The highest BCUT2D eigenvalue weighted by Crippen LogP contribution is 2.32. The van der Waals surface area contributed by atoms with E-state index >= 15 is 0 Å². The zero-order valence-electron chi connectivity index (χ0n) is 8.64. The summed E-state index contributed by atoms with van der Waals surface area (Å²) in [7, 11) is 0. The van der Waals surface area contributed by atoms with Crippen molar-refractivity contribution in [2.75, 3.05) is 0 Å². The van der Waals surface area contributed by atoms with Crippen molar-refractivity contribution in [2.45, 2.75) is 6.10 Å². The van der Waals surface area contributed by atoms with Gasteiger partial charge in [-0.2, -0.15) is 0 Å². The number of aromatic hydroxyl groups is 1. The quantitative estimate of drug-likeness (QED) is 0.824. The number of nitrogens with zero attached hydrogens (tertiary/aromatic N) is 1. The van der Waals surface area contributed by atoms with Gasteiger partial charge in [0.05, 0.1) is 0 Å². The first kappa shape index (κ1) is 12.2. The van der Waals surface area contributed by atoms with Gasteiger partial charge in [0.15, 0.2) is 0 Å². The molecule has 0 radical (unpaired) electrons. The van der Waals surface area contributed by atoms with E-state index in [1.165, 1.54) is 12.1 Å². The summed E-state index contributed by atoms with van der Waals surface area (Å²) in [5.74, 6) is 0.00557. The maximum atomic E-state index is 10.1. The van der Waals surface area contributed by atoms with E-state index in [0.717, 1.165) is 0 Å². The lowest BCUT2D eigenvalue weighted by Gasteiger charge is -2.13. The monoisotopic (exact) mass is 269 g/mol. The zero-order chi connectivity index (χ0) is 12.4. The highest BCUT2D eigenvalue weighted by Gasteiger charge is 2.17. The van der Waals surface area contributed by atoms with Gasteiger partial charge in [0, 0.05) is 11.1 Å². The number of aliphatic hydroxyl groups excluding tert-OH is 1. The van der Waals surface area contributed by atoms with Crippen molar-refractivity contribution >= 4 is 23.2 Å². The topological polar surface area (TPSA) is 53.4 Å². The van der Waals surface area contributed by atoms with Gasteiger partial charge in [-0.05, 0) is 18.2 Å². The second-order valence-electron chi connectivity index (χ2n) is 3.48. The van der Waals surface area contributed by atoms with Crippen LogP contribution in [0.5, 0.6) is 5.75 Å². The Bertz CT molecular complexity index is 546. The highest BCUT2D eigenvalue weighted by molar-refractivity contribution is 6.32. The van der Waals surface area contributed by atoms with E-state index in [2.05, 4.69) is 4.98 Å². The standard InChI is InChI=1S/C12H9Cl2NO2/c13-10-6-5-8(12(14)15-10)11(17)7-3-1-2-4-9(7)16/h1-6,11,16-17H. The van der Waals surface area contributed by atoms with Gasteiger partial charge in [0.2, 0.25) is 0 Å². The molecule has 1 atom stereocenters. The number of phenols is 1. The molecule has 0 aliphatic heterocycles. The van der Waals surface area contributed by atoms with Crippen molar-refractivity contribution in [3.8, 4) is 5.75 Å². The van der Waals surface area contributed by atoms with Gasteiger partial charge in [-0.25, -0.2) is 4.98 Å². The lowest BCUT2D eigenvalue weighted by atomic mass is 10.0. The molecule has 0 saturated heterocycles. The molecule has 5 heteroatoms. The summed E-state index contributed by atoms with van der Waals surface area (Å²) in [6.45, 7) is 0. The van der Waals surface area contributed by atoms with E-state index in [1.807, 2.05) is 0 Å². The van der Waals surface area contributed by atoms with Crippen LogP contribution in [0.15, 0.2) is 36.4 Å². The number of aliphatic hydroxyl groups is 1. The molecule has 88 valence electrons. The lowest BCUT2D eigenvalue weighted by molar-refractivity contribution is 0.215. The fraction of sp³-hybridized carbons (Fsp3) is 0.0833. The maximum Gasteiger partial charge on any atom is 0.136 e. The molecule has 17 heavy (non-hydrogen) atoms. The van der Waals surface area contributed by atoms with Crippen LogP contribution >= 0.6 is 23.2 Å². The summed E-state index contributed by atoms with van der Waals surface area (Å²) in [4.78, 5) is 3.84. The second-order valence-corrected chi connectivity index (χ2v) is 4.22. The molecule has 1 unspecified atom stereocenters. The Balaban J connectivity index is 2.44. The molecule has 1 aromatic carbocycles. The van der Waals surface area contributed by atoms with Crippen molar-refractivity contribution < 1.29 is 10.2 Å². The molecule has 0 aliphatic rings. The molecule has 2 N–H and O–H groups in total. The Hall–Kier alpha value is -1.29. The molecule has 1 aromatic heterocycles. The van der Waals surface area contributed by atoms with Gasteiger partial charge >= 0.3 is 0 Å². The molecule has 2 aromatic rings. The van der Waals surface area contributed by atoms with Crippen LogP contribution < -0.4 is 0 Å². The van der Waals surface area contributed by atoms with Gasteiger partial charge in [0.25, 0.3) is 0 Å². The summed E-state index contributed by atoms with van der Waals surface area (Å²) < 4.78 is 0. The SMILES string of the molecule is Oc1ccccc1C(O)c1ccc(Cl)nc1Cl. The summed E-state index contributed by atoms with van der Waals surface area (Å²) in [6, 6.07) is 9.62. The smallest absolute Gasteiger partial charge is 0.136 e. The molecule has 0 amide bonds. The van der Waals surface area contributed by atoms with E-state index in [9.17, 15) is 10.2 Å². The van der Waals surface area contributed by atoms with Crippen LogP contribution in [0.25, 0.3) is 0 Å². The van der Waals surface area contributed by atoms with Gasteiger partial charge in [-0.3, -0.25) is 0 Å². The van der Waals surface area contributed by atoms with E-state index in [4.69, 9.17) is 23.2 Å². The van der Waals surface area contributed by atoms with E-state index in [-0.39, 0.29) is 16.1 Å². The summed E-state index contributed by atoms with van der Waals surface area (Å²) in [5, 5.41) is 20.1. The van der Waals surface area contributed by atoms with Gasteiger partial charge in [0.1, 0.15) is 22.2 Å². The first-order chi connectivity index (χ1) is 8.09. The summed E-state index contributed by atoms with van der Waals surface area (Å²) in [5.41, 5.74) is 0.774. The van der Waals surface area contributed by atoms with E-state index in [1.54, 1.807) is 24.3 Å². The fourth-order valence-corrected chi connectivity index (χ4v) is 1.96. The minimum atomic E-state index is -1.03. The van der Waals surface area contributed by atoms with Crippen molar-refractivity contribution in [1.29, 1.82) is 0 Å². The number of pyridine rings is 1. The molecule has 0 fully saturated rings. The van der Waals surface area contributed by atoms with Crippen LogP contribution in [-0.4, -0.2) is 15.2 Å². The second kappa shape index (κ2) is 4.92. The molecule has 0 saturated carbocycles. The number of benzene rings is 1. The Labute approximate surface area is 108 Å². The molecule has 0 aliphatic carbocycles. The minimum Gasteiger partial charge on any atom is -0.508 e. The number of para-hydroxylation sites is 1. The van der Waals surface area contributed by atoms with Crippen molar-refractivity contribution in [3.63, 3.8) is 0 Å². The summed E-state index contributed by atoms with van der Waals surface area (Å²) >= 11 is 11.6. The number of aromatic nitrogens is 1. The van der Waals surface area contributed by atoms with Crippen molar-refractivity contribution in [3.05, 3.63) is 57.8 Å². The van der Waals surface area contributed by atoms with Crippen molar-refractivity contribution in [1.82, 2.24) is 4.98 Å². The fourth-order valence-electron chi connectivity index (χ4n) is 1.51. The van der Waals surface area contributed by atoms with Crippen LogP contribution in [0.2, 0.25) is 10.3 Å². The Morgan fingerprint density at radius 2 is 1.71 bits per heavy atom. The number of rotatable bonds is 2. The maximum absolute atomic E-state index is 10.1. The number of phenolic OH excluding ortho intramolecular Hbond substituents is 1. The molecule has 1 heterocycles. The third kappa shape index (κ3) is 2.52. The zero-order valence-corrected chi connectivity index (χ0v) is 10.2. The lowest BCUT2D eigenvalue weighted by Crippen LogP contribution is -2.01. The highest BCUT2D eigenvalue weighted by atomic mass is 35.5. The third-order valence-electron chi connectivity index (χ3n) is 2.37. The molecular formula is C12H9Cl2NO2. The number of halogens is 2. The first-order valence-electron chi connectivity index (χ1n) is 4.87. The first-order valence-corrected chi connectivity index (χ1v) is 5.63. The largest absolute Gasteiger partial charge is 0.508 e.